The number of carbonyl (C=O) groups is 1. The first-order valence-electron chi connectivity index (χ1n) is 6.55. The van der Waals surface area contributed by atoms with E-state index in [0.717, 1.165) is 5.56 Å². The molecule has 0 saturated heterocycles. The lowest BCUT2D eigenvalue weighted by Gasteiger charge is -2.31. The van der Waals surface area contributed by atoms with Gasteiger partial charge in [0.25, 0.3) is 0 Å². The van der Waals surface area contributed by atoms with Crippen molar-refractivity contribution in [1.82, 2.24) is 0 Å². The summed E-state index contributed by atoms with van der Waals surface area (Å²) in [7, 11) is 0. The molecule has 19 heavy (non-hydrogen) atoms. The summed E-state index contributed by atoms with van der Waals surface area (Å²) in [6.07, 6.45) is 1.19. The van der Waals surface area contributed by atoms with Crippen molar-refractivity contribution < 1.29 is 9.53 Å². The fraction of sp³-hybridized carbons (Fsp3) is 0.471. The van der Waals surface area contributed by atoms with Gasteiger partial charge in [-0.05, 0) is 22.5 Å². The van der Waals surface area contributed by atoms with Crippen molar-refractivity contribution in [1.29, 1.82) is 0 Å². The molecule has 0 aliphatic heterocycles. The topological polar surface area (TPSA) is 26.3 Å². The van der Waals surface area contributed by atoms with Gasteiger partial charge in [-0.3, -0.25) is 0 Å². The van der Waals surface area contributed by atoms with Crippen LogP contribution in [0.1, 0.15) is 52.7 Å². The maximum Gasteiger partial charge on any atom is 0.335 e. The second-order valence-electron chi connectivity index (χ2n) is 6.80. The zero-order valence-corrected chi connectivity index (χ0v) is 12.8. The third-order valence-corrected chi connectivity index (χ3v) is 2.96. The van der Waals surface area contributed by atoms with E-state index in [4.69, 9.17) is 4.74 Å². The fourth-order valence-electron chi connectivity index (χ4n) is 2.16. The van der Waals surface area contributed by atoms with Crippen LogP contribution in [0.4, 0.5) is 0 Å². The Balaban J connectivity index is 3.48. The number of rotatable bonds is 2. The highest BCUT2D eigenvalue weighted by molar-refractivity contribution is 5.83. The molecule has 2 heteroatoms. The third kappa shape index (κ3) is 3.69. The van der Waals surface area contributed by atoms with E-state index in [1.807, 2.05) is 12.1 Å². The lowest BCUT2D eigenvalue weighted by molar-refractivity contribution is -0.129. The average molecular weight is 260 g/mol. The number of hydrogen-bond acceptors (Lipinski definition) is 2. The molecular weight excluding hydrogens is 236 g/mol. The highest BCUT2D eigenvalue weighted by Crippen LogP contribution is 2.39. The van der Waals surface area contributed by atoms with Gasteiger partial charge in [0.15, 0.2) is 0 Å². The number of hydrogen-bond donors (Lipinski definition) is 0. The highest BCUT2D eigenvalue weighted by Gasteiger charge is 2.28. The minimum Gasteiger partial charge on any atom is -0.423 e. The molecule has 1 rings (SSSR count). The van der Waals surface area contributed by atoms with Gasteiger partial charge in [-0.15, -0.1) is 0 Å². The molecule has 0 aromatic heterocycles. The minimum absolute atomic E-state index is 0.000784. The first kappa shape index (κ1) is 15.5. The van der Waals surface area contributed by atoms with Gasteiger partial charge >= 0.3 is 5.97 Å². The molecule has 0 fully saturated rings. The quantitative estimate of drug-likeness (QED) is 0.448. The van der Waals surface area contributed by atoms with Crippen LogP contribution in [0, 0.1) is 0 Å². The van der Waals surface area contributed by atoms with Crippen molar-refractivity contribution in [2.45, 2.75) is 52.4 Å². The minimum atomic E-state index is -0.420. The summed E-state index contributed by atoms with van der Waals surface area (Å²) in [6.45, 7) is 16.3. The van der Waals surface area contributed by atoms with Crippen molar-refractivity contribution in [3.63, 3.8) is 0 Å². The van der Waals surface area contributed by atoms with Crippen LogP contribution in [-0.2, 0) is 15.6 Å². The van der Waals surface area contributed by atoms with Gasteiger partial charge in [-0.1, -0.05) is 60.3 Å². The molecule has 0 amide bonds. The second kappa shape index (κ2) is 5.20. The summed E-state index contributed by atoms with van der Waals surface area (Å²) < 4.78 is 5.40. The summed E-state index contributed by atoms with van der Waals surface area (Å²) in [5.74, 6) is 0.210. The van der Waals surface area contributed by atoms with Crippen LogP contribution in [0.3, 0.4) is 0 Å². The summed E-state index contributed by atoms with van der Waals surface area (Å²) >= 11 is 0. The van der Waals surface area contributed by atoms with E-state index >= 15 is 0 Å². The molecule has 2 nitrogen and oxygen atoms in total. The molecule has 1 aromatic rings. The van der Waals surface area contributed by atoms with Crippen molar-refractivity contribution in [3.8, 4) is 5.75 Å². The summed E-state index contributed by atoms with van der Waals surface area (Å²) in [5.41, 5.74) is 2.19. The SMILES string of the molecule is C=CC(=O)Oc1cccc(C(C)(C)C)c1C(C)(C)C. The van der Waals surface area contributed by atoms with Crippen LogP contribution in [0.15, 0.2) is 30.9 Å². The van der Waals surface area contributed by atoms with Crippen molar-refractivity contribution in [2.24, 2.45) is 0 Å². The molecular formula is C17H24O2. The van der Waals surface area contributed by atoms with E-state index < -0.39 is 5.97 Å². The maximum absolute atomic E-state index is 11.5. The standard InChI is InChI=1S/C17H24O2/c1-8-14(18)19-13-11-9-10-12(16(2,3)4)15(13)17(5,6)7/h8-11H,1H2,2-7H3. The molecule has 0 radical (unpaired) electrons. The monoisotopic (exact) mass is 260 g/mol. The first-order chi connectivity index (χ1) is 8.57. The predicted octanol–water partition coefficient (Wildman–Crippen LogP) is 4.37. The molecule has 0 heterocycles. The molecule has 0 N–H and O–H groups in total. The number of benzene rings is 1. The van der Waals surface area contributed by atoms with Crippen LogP contribution in [0.25, 0.3) is 0 Å². The zero-order valence-electron chi connectivity index (χ0n) is 12.8. The highest BCUT2D eigenvalue weighted by atomic mass is 16.5. The Morgan fingerprint density at radius 1 is 1.11 bits per heavy atom. The lowest BCUT2D eigenvalue weighted by atomic mass is 9.75. The first-order valence-corrected chi connectivity index (χ1v) is 6.55. The van der Waals surface area contributed by atoms with Crippen LogP contribution in [0.5, 0.6) is 5.75 Å². The zero-order chi connectivity index (χ0) is 14.8. The van der Waals surface area contributed by atoms with E-state index in [1.165, 1.54) is 11.6 Å². The Hall–Kier alpha value is -1.57. The molecule has 0 aliphatic carbocycles. The van der Waals surface area contributed by atoms with Gasteiger partial charge in [0.2, 0.25) is 0 Å². The smallest absolute Gasteiger partial charge is 0.335 e. The Labute approximate surface area is 116 Å². The summed E-state index contributed by atoms with van der Waals surface area (Å²) in [6, 6.07) is 5.88. The van der Waals surface area contributed by atoms with Crippen LogP contribution in [0.2, 0.25) is 0 Å². The van der Waals surface area contributed by atoms with Crippen LogP contribution >= 0.6 is 0 Å². The van der Waals surface area contributed by atoms with E-state index in [2.05, 4.69) is 54.2 Å². The van der Waals surface area contributed by atoms with Gasteiger partial charge in [0.05, 0.1) is 0 Å². The lowest BCUT2D eigenvalue weighted by Crippen LogP contribution is -2.23. The van der Waals surface area contributed by atoms with E-state index in [9.17, 15) is 4.79 Å². The Morgan fingerprint density at radius 2 is 1.68 bits per heavy atom. The molecule has 1 aromatic carbocycles. The largest absolute Gasteiger partial charge is 0.423 e. The molecule has 0 saturated carbocycles. The number of ether oxygens (including phenoxy) is 1. The van der Waals surface area contributed by atoms with Crippen molar-refractivity contribution >= 4 is 5.97 Å². The second-order valence-corrected chi connectivity index (χ2v) is 6.80. The van der Waals surface area contributed by atoms with E-state index in [1.54, 1.807) is 0 Å². The molecule has 0 bridgehead atoms. The summed E-state index contributed by atoms with van der Waals surface area (Å²) in [4.78, 5) is 11.5. The third-order valence-electron chi connectivity index (χ3n) is 2.96. The van der Waals surface area contributed by atoms with Gasteiger partial charge in [-0.2, -0.15) is 0 Å². The molecule has 104 valence electrons. The maximum atomic E-state index is 11.5. The normalized spacial score (nSPS) is 12.1. The number of esters is 1. The van der Waals surface area contributed by atoms with Gasteiger partial charge in [0, 0.05) is 11.6 Å². The van der Waals surface area contributed by atoms with E-state index in [0.29, 0.717) is 5.75 Å². The average Bonchev–Trinajstić information content (AvgIpc) is 2.25. The van der Waals surface area contributed by atoms with Crippen molar-refractivity contribution in [3.05, 3.63) is 42.0 Å². The van der Waals surface area contributed by atoms with Crippen molar-refractivity contribution in [2.75, 3.05) is 0 Å². The molecule has 0 aliphatic rings. The van der Waals surface area contributed by atoms with Gasteiger partial charge in [0.1, 0.15) is 5.75 Å². The molecule has 0 unspecified atom stereocenters. The summed E-state index contributed by atoms with van der Waals surface area (Å²) in [5, 5.41) is 0. The molecule has 0 atom stereocenters. The Bertz CT molecular complexity index is 485. The predicted molar refractivity (Wildman–Crippen MR) is 79.7 cm³/mol. The Kier molecular flexibility index (Phi) is 4.24. The van der Waals surface area contributed by atoms with Gasteiger partial charge in [-0.25, -0.2) is 4.79 Å². The van der Waals surface area contributed by atoms with Crippen LogP contribution < -0.4 is 4.74 Å². The van der Waals surface area contributed by atoms with E-state index in [-0.39, 0.29) is 10.8 Å². The van der Waals surface area contributed by atoms with Crippen LogP contribution in [-0.4, -0.2) is 5.97 Å². The molecule has 0 spiro atoms. The van der Waals surface area contributed by atoms with Gasteiger partial charge < -0.3 is 4.74 Å². The fourth-order valence-corrected chi connectivity index (χ4v) is 2.16. The number of carbonyl (C=O) groups excluding carboxylic acids is 1. The Morgan fingerprint density at radius 3 is 2.11 bits per heavy atom.